The lowest BCUT2D eigenvalue weighted by molar-refractivity contribution is -0.136. The number of aromatic nitrogens is 3. The predicted molar refractivity (Wildman–Crippen MR) is 184 cm³/mol. The molecule has 5 atom stereocenters. The first kappa shape index (κ1) is 35.2. The van der Waals surface area contributed by atoms with E-state index >= 15 is 0 Å². The average Bonchev–Trinajstić information content (AvgIpc) is 3.67. The zero-order valence-electron chi connectivity index (χ0n) is 27.8. The molecule has 0 saturated carbocycles. The van der Waals surface area contributed by atoms with Crippen LogP contribution in [0.3, 0.4) is 0 Å². The van der Waals surface area contributed by atoms with Crippen LogP contribution >= 0.6 is 23.2 Å². The summed E-state index contributed by atoms with van der Waals surface area (Å²) in [5.41, 5.74) is 1.87. The van der Waals surface area contributed by atoms with Crippen LogP contribution in [0.5, 0.6) is 0 Å². The van der Waals surface area contributed by atoms with E-state index in [2.05, 4.69) is 31.1 Å². The molecule has 0 bridgehead atoms. The standard InChI is InChI=1S/C35H42Cl2N6O5/c1-6-19(3)28(40-34(46)47-18-22-11-9-8-10-12-22)31(44)41-35(33(45)39-29(20(4)7-2)32-43-42-21(5)48-32)14-13-27-25(17-35)24-15-23(36)16-26(37)30(24)38-27/h8-12,15-16,19-20,28-29,38H,6-7,13-14,17-18H2,1-5H3,(H,39,45)(H,40,46)(H,41,44)/t19-,20-,28?,29?,35-/m0/s1. The number of nitrogens with zero attached hydrogens (tertiary/aromatic N) is 2. The first-order chi connectivity index (χ1) is 22.9. The highest BCUT2D eigenvalue weighted by molar-refractivity contribution is 6.38. The van der Waals surface area contributed by atoms with Crippen molar-refractivity contribution in [2.24, 2.45) is 11.8 Å². The molecule has 11 nitrogen and oxygen atoms in total. The lowest BCUT2D eigenvalue weighted by atomic mass is 9.78. The number of aryl methyl sites for hydroxylation is 2. The van der Waals surface area contributed by atoms with Crippen LogP contribution in [0.2, 0.25) is 10.0 Å². The third-order valence-electron chi connectivity index (χ3n) is 9.39. The molecule has 48 heavy (non-hydrogen) atoms. The van der Waals surface area contributed by atoms with Crippen molar-refractivity contribution in [3.63, 3.8) is 0 Å². The monoisotopic (exact) mass is 696 g/mol. The number of H-pyrrole nitrogens is 1. The van der Waals surface area contributed by atoms with E-state index in [1.807, 2.05) is 64.1 Å². The summed E-state index contributed by atoms with van der Waals surface area (Å²) in [5.74, 6) is -0.552. The molecule has 0 aliphatic heterocycles. The summed E-state index contributed by atoms with van der Waals surface area (Å²) in [6.07, 6.45) is 1.45. The second-order valence-electron chi connectivity index (χ2n) is 12.7. The van der Waals surface area contributed by atoms with Crippen molar-refractivity contribution in [2.75, 3.05) is 0 Å². The highest BCUT2D eigenvalue weighted by atomic mass is 35.5. The number of carbonyl (C=O) groups excluding carboxylic acids is 3. The van der Waals surface area contributed by atoms with Crippen molar-refractivity contribution in [1.29, 1.82) is 0 Å². The highest BCUT2D eigenvalue weighted by Gasteiger charge is 2.47. The average molecular weight is 698 g/mol. The number of carbonyl (C=O) groups is 3. The summed E-state index contributed by atoms with van der Waals surface area (Å²) < 4.78 is 11.2. The molecule has 2 aromatic heterocycles. The van der Waals surface area contributed by atoms with E-state index in [4.69, 9.17) is 32.4 Å². The Hall–Kier alpha value is -4.09. The van der Waals surface area contributed by atoms with Crippen LogP contribution in [-0.4, -0.2) is 44.7 Å². The topological polar surface area (TPSA) is 151 Å². The van der Waals surface area contributed by atoms with Crippen LogP contribution in [0.4, 0.5) is 4.79 Å². The summed E-state index contributed by atoms with van der Waals surface area (Å²) >= 11 is 13.0. The Labute approximate surface area is 289 Å². The third kappa shape index (κ3) is 7.63. The van der Waals surface area contributed by atoms with E-state index in [0.717, 1.165) is 28.6 Å². The molecule has 5 rings (SSSR count). The fourth-order valence-electron chi connectivity index (χ4n) is 6.14. The molecule has 0 spiro atoms. The number of nitrogens with one attached hydrogen (secondary N) is 4. The second-order valence-corrected chi connectivity index (χ2v) is 13.5. The summed E-state index contributed by atoms with van der Waals surface area (Å²) in [7, 11) is 0. The Kier molecular flexibility index (Phi) is 11.0. The quantitative estimate of drug-likeness (QED) is 0.128. The fraction of sp³-hybridized carbons (Fsp3) is 0.457. The molecule has 0 radical (unpaired) electrons. The second kappa shape index (κ2) is 15.0. The van der Waals surface area contributed by atoms with Gasteiger partial charge in [0.1, 0.15) is 24.2 Å². The van der Waals surface area contributed by atoms with Gasteiger partial charge in [-0.15, -0.1) is 10.2 Å². The smallest absolute Gasteiger partial charge is 0.408 e. The minimum Gasteiger partial charge on any atom is -0.445 e. The van der Waals surface area contributed by atoms with Gasteiger partial charge in [-0.1, -0.05) is 94.1 Å². The van der Waals surface area contributed by atoms with Gasteiger partial charge >= 0.3 is 6.09 Å². The molecule has 13 heteroatoms. The first-order valence-corrected chi connectivity index (χ1v) is 17.1. The summed E-state index contributed by atoms with van der Waals surface area (Å²) in [6, 6.07) is 11.2. The SMILES string of the molecule is CC[C@H](C)C(NC(=O)OCc1ccccc1)C(=O)N[C@@]1(C(=O)NC(c2nnc(C)o2)[C@@H](C)CC)CCc2[nH]c3c(Cl)cc(Cl)cc3c2C1. The van der Waals surface area contributed by atoms with Crippen LogP contribution in [0.25, 0.3) is 10.9 Å². The number of alkyl carbamates (subject to hydrolysis) is 1. The van der Waals surface area contributed by atoms with Crippen LogP contribution in [-0.2, 0) is 33.8 Å². The summed E-state index contributed by atoms with van der Waals surface area (Å²) in [6.45, 7) is 9.54. The van der Waals surface area contributed by atoms with E-state index in [0.29, 0.717) is 40.2 Å². The van der Waals surface area contributed by atoms with E-state index in [1.54, 1.807) is 13.0 Å². The molecule has 4 N–H and O–H groups in total. The number of ether oxygens (including phenoxy) is 1. The maximum absolute atomic E-state index is 14.6. The molecule has 0 saturated heterocycles. The molecule has 4 aromatic rings. The van der Waals surface area contributed by atoms with Gasteiger partial charge in [-0.2, -0.15) is 0 Å². The Bertz CT molecular complexity index is 1780. The molecule has 2 unspecified atom stereocenters. The fourth-order valence-corrected chi connectivity index (χ4v) is 6.68. The van der Waals surface area contributed by atoms with Gasteiger partial charge in [-0.3, -0.25) is 9.59 Å². The number of fused-ring (bicyclic) bond motifs is 3. The minimum absolute atomic E-state index is 0.0501. The number of aromatic amines is 1. The van der Waals surface area contributed by atoms with Crippen LogP contribution < -0.4 is 16.0 Å². The van der Waals surface area contributed by atoms with Crippen LogP contribution in [0, 0.1) is 18.8 Å². The van der Waals surface area contributed by atoms with E-state index < -0.39 is 35.5 Å². The number of rotatable bonds is 12. The van der Waals surface area contributed by atoms with Gasteiger partial charge in [-0.05, 0) is 47.9 Å². The van der Waals surface area contributed by atoms with Gasteiger partial charge in [-0.25, -0.2) is 4.79 Å². The lowest BCUT2D eigenvalue weighted by Gasteiger charge is -2.39. The Balaban J connectivity index is 1.47. The van der Waals surface area contributed by atoms with Gasteiger partial charge in [0.05, 0.1) is 10.5 Å². The number of amides is 3. The molecule has 1 aliphatic carbocycles. The van der Waals surface area contributed by atoms with Crippen LogP contribution in [0.15, 0.2) is 46.9 Å². The first-order valence-electron chi connectivity index (χ1n) is 16.3. The van der Waals surface area contributed by atoms with E-state index in [9.17, 15) is 14.4 Å². The Morgan fingerprint density at radius 2 is 1.77 bits per heavy atom. The van der Waals surface area contributed by atoms with Gasteiger partial charge < -0.3 is 30.1 Å². The number of halogens is 2. The molecule has 0 fully saturated rings. The number of hydrogen-bond donors (Lipinski definition) is 4. The maximum Gasteiger partial charge on any atom is 0.408 e. The van der Waals surface area contributed by atoms with E-state index in [1.165, 1.54) is 0 Å². The van der Waals surface area contributed by atoms with E-state index in [-0.39, 0.29) is 31.3 Å². The largest absolute Gasteiger partial charge is 0.445 e. The summed E-state index contributed by atoms with van der Waals surface area (Å²) in [5, 5.41) is 18.9. The molecule has 3 amide bonds. The normalized spacial score (nSPS) is 18.3. The van der Waals surface area contributed by atoms with Gasteiger partial charge in [0, 0.05) is 29.4 Å². The zero-order valence-corrected chi connectivity index (χ0v) is 29.3. The molecular weight excluding hydrogens is 655 g/mol. The van der Waals surface area contributed by atoms with Crippen molar-refractivity contribution in [3.05, 3.63) is 81.1 Å². The van der Waals surface area contributed by atoms with Crippen molar-refractivity contribution >= 4 is 52.0 Å². The summed E-state index contributed by atoms with van der Waals surface area (Å²) in [4.78, 5) is 45.2. The Morgan fingerprint density at radius 1 is 1.04 bits per heavy atom. The number of hydrogen-bond acceptors (Lipinski definition) is 7. The predicted octanol–water partition coefficient (Wildman–Crippen LogP) is 6.75. The lowest BCUT2D eigenvalue weighted by Crippen LogP contribution is -2.65. The molecule has 1 aliphatic rings. The number of benzene rings is 2. The van der Waals surface area contributed by atoms with Gasteiger partial charge in [0.25, 0.3) is 0 Å². The minimum atomic E-state index is -1.41. The Morgan fingerprint density at radius 3 is 2.44 bits per heavy atom. The molecule has 256 valence electrons. The highest BCUT2D eigenvalue weighted by Crippen LogP contribution is 2.39. The molecular formula is C35H42Cl2N6O5. The van der Waals surface area contributed by atoms with Crippen LogP contribution in [0.1, 0.15) is 81.6 Å². The van der Waals surface area contributed by atoms with Gasteiger partial charge in [0.2, 0.25) is 23.6 Å². The molecule has 2 aromatic carbocycles. The van der Waals surface area contributed by atoms with Gasteiger partial charge in [0.15, 0.2) is 0 Å². The third-order valence-corrected chi connectivity index (χ3v) is 9.90. The van der Waals surface area contributed by atoms with Crippen molar-refractivity contribution in [1.82, 2.24) is 31.1 Å². The van der Waals surface area contributed by atoms with Crippen molar-refractivity contribution in [3.8, 4) is 0 Å². The van der Waals surface area contributed by atoms with Crippen molar-refractivity contribution in [2.45, 2.75) is 91.0 Å². The zero-order chi connectivity index (χ0) is 34.6. The van der Waals surface area contributed by atoms with Crippen molar-refractivity contribution < 1.29 is 23.5 Å². The molecule has 2 heterocycles. The maximum atomic E-state index is 14.6.